The second-order valence-corrected chi connectivity index (χ2v) is 7.08. The lowest BCUT2D eigenvalue weighted by molar-refractivity contribution is 0.0524. The number of halogens is 1. The normalized spacial score (nSPS) is 18.6. The Morgan fingerprint density at radius 2 is 2.16 bits per heavy atom. The summed E-state index contributed by atoms with van der Waals surface area (Å²) in [6, 6.07) is 1.88. The molecule has 2 heterocycles. The van der Waals surface area contributed by atoms with Gasteiger partial charge < -0.3 is 10.0 Å². The predicted molar refractivity (Wildman–Crippen MR) is 80.7 cm³/mol. The van der Waals surface area contributed by atoms with E-state index in [2.05, 4.69) is 20.8 Å². The fourth-order valence-corrected chi connectivity index (χ4v) is 3.30. The number of aliphatic hydroxyl groups is 1. The molecule has 4 nitrogen and oxygen atoms in total. The molecule has 1 aromatic rings. The lowest BCUT2D eigenvalue weighted by Crippen LogP contribution is -2.50. The summed E-state index contributed by atoms with van der Waals surface area (Å²) in [5.41, 5.74) is 0.763. The largest absolute Gasteiger partial charge is 0.392 e. The summed E-state index contributed by atoms with van der Waals surface area (Å²) in [6.45, 7) is 5.86. The van der Waals surface area contributed by atoms with Crippen LogP contribution in [0.2, 0.25) is 0 Å². The Bertz CT molecular complexity index is 430. The number of aliphatic hydroxyl groups excluding tert-OH is 1. The van der Waals surface area contributed by atoms with Gasteiger partial charge in [-0.15, -0.1) is 11.3 Å². The topological polar surface area (TPSA) is 43.8 Å². The number of carbonyl (C=O) groups excluding carboxylic acids is 1. The first-order valence-electron chi connectivity index (χ1n) is 6.54. The molecule has 19 heavy (non-hydrogen) atoms. The van der Waals surface area contributed by atoms with E-state index in [0.29, 0.717) is 6.54 Å². The van der Waals surface area contributed by atoms with E-state index >= 15 is 0 Å². The summed E-state index contributed by atoms with van der Waals surface area (Å²) >= 11 is 4.92. The van der Waals surface area contributed by atoms with Crippen LogP contribution in [0.15, 0.2) is 15.2 Å². The molecule has 1 aliphatic rings. The summed E-state index contributed by atoms with van der Waals surface area (Å²) in [5.74, 6) is 0.109. The van der Waals surface area contributed by atoms with Gasteiger partial charge in [0.25, 0.3) is 5.91 Å². The van der Waals surface area contributed by atoms with Gasteiger partial charge in [-0.3, -0.25) is 9.69 Å². The standard InChI is InChI=1S/C13H19BrN2O2S/c1-2-11(17)8-15-3-5-16(6-4-15)13(18)10-7-12(14)19-9-10/h7,9,11,17H,2-6,8H2,1H3/t11-/m0/s1. The van der Waals surface area contributed by atoms with Crippen LogP contribution >= 0.6 is 27.3 Å². The molecule has 6 heteroatoms. The Kier molecular flexibility index (Phi) is 5.38. The van der Waals surface area contributed by atoms with Crippen molar-refractivity contribution in [1.29, 1.82) is 0 Å². The molecule has 0 unspecified atom stereocenters. The van der Waals surface area contributed by atoms with Gasteiger partial charge in [-0.25, -0.2) is 0 Å². The van der Waals surface area contributed by atoms with Crippen LogP contribution in [0.1, 0.15) is 23.7 Å². The van der Waals surface area contributed by atoms with Crippen molar-refractivity contribution in [2.45, 2.75) is 19.4 Å². The zero-order chi connectivity index (χ0) is 13.8. The van der Waals surface area contributed by atoms with Crippen LogP contribution in [0.3, 0.4) is 0 Å². The predicted octanol–water partition coefficient (Wildman–Crippen LogP) is 2.04. The van der Waals surface area contributed by atoms with Crippen molar-refractivity contribution < 1.29 is 9.90 Å². The fraction of sp³-hybridized carbons (Fsp3) is 0.615. The Morgan fingerprint density at radius 3 is 2.68 bits per heavy atom. The summed E-state index contributed by atoms with van der Waals surface area (Å²) in [6.07, 6.45) is 0.525. The van der Waals surface area contributed by atoms with E-state index in [1.54, 1.807) is 0 Å². The van der Waals surface area contributed by atoms with E-state index in [-0.39, 0.29) is 12.0 Å². The highest BCUT2D eigenvalue weighted by atomic mass is 79.9. The van der Waals surface area contributed by atoms with E-state index in [0.717, 1.165) is 41.9 Å². The van der Waals surface area contributed by atoms with Gasteiger partial charge in [-0.2, -0.15) is 0 Å². The van der Waals surface area contributed by atoms with Gasteiger partial charge in [0.1, 0.15) is 0 Å². The number of hydrogen-bond donors (Lipinski definition) is 1. The molecule has 0 aromatic carbocycles. The fourth-order valence-electron chi connectivity index (χ4n) is 2.17. The molecular formula is C13H19BrN2O2S. The van der Waals surface area contributed by atoms with Crippen LogP contribution in [0.4, 0.5) is 0 Å². The smallest absolute Gasteiger partial charge is 0.254 e. The molecule has 1 atom stereocenters. The van der Waals surface area contributed by atoms with Crippen molar-refractivity contribution in [3.05, 3.63) is 20.8 Å². The molecule has 1 N–H and O–H groups in total. The summed E-state index contributed by atoms with van der Waals surface area (Å²) in [5, 5.41) is 11.5. The van der Waals surface area contributed by atoms with Crippen molar-refractivity contribution >= 4 is 33.2 Å². The number of piperazine rings is 1. The number of nitrogens with zero attached hydrogens (tertiary/aromatic N) is 2. The Balaban J connectivity index is 1.84. The quantitative estimate of drug-likeness (QED) is 0.907. The van der Waals surface area contributed by atoms with Crippen LogP contribution < -0.4 is 0 Å². The maximum atomic E-state index is 12.2. The minimum Gasteiger partial charge on any atom is -0.392 e. The van der Waals surface area contributed by atoms with Gasteiger partial charge in [-0.1, -0.05) is 6.92 Å². The van der Waals surface area contributed by atoms with Crippen LogP contribution in [-0.2, 0) is 0 Å². The average molecular weight is 347 g/mol. The molecule has 0 spiro atoms. The molecule has 2 rings (SSSR count). The van der Waals surface area contributed by atoms with Gasteiger partial charge >= 0.3 is 0 Å². The molecule has 1 aromatic heterocycles. The minimum atomic E-state index is -0.255. The van der Waals surface area contributed by atoms with E-state index in [1.807, 2.05) is 23.3 Å². The van der Waals surface area contributed by atoms with Crippen LogP contribution in [0.25, 0.3) is 0 Å². The molecule has 0 aliphatic carbocycles. The third-order valence-corrected chi connectivity index (χ3v) is 4.92. The summed E-state index contributed by atoms with van der Waals surface area (Å²) in [7, 11) is 0. The van der Waals surface area contributed by atoms with E-state index in [9.17, 15) is 9.90 Å². The van der Waals surface area contributed by atoms with E-state index in [4.69, 9.17) is 0 Å². The maximum absolute atomic E-state index is 12.2. The molecule has 0 radical (unpaired) electrons. The first-order chi connectivity index (χ1) is 9.10. The Morgan fingerprint density at radius 1 is 1.47 bits per heavy atom. The lowest BCUT2D eigenvalue weighted by atomic mass is 10.2. The highest BCUT2D eigenvalue weighted by molar-refractivity contribution is 9.11. The van der Waals surface area contributed by atoms with Crippen LogP contribution in [-0.4, -0.2) is 59.6 Å². The van der Waals surface area contributed by atoms with E-state index < -0.39 is 0 Å². The maximum Gasteiger partial charge on any atom is 0.254 e. The number of rotatable bonds is 4. The van der Waals surface area contributed by atoms with Crippen molar-refractivity contribution in [2.75, 3.05) is 32.7 Å². The second kappa shape index (κ2) is 6.83. The molecule has 0 bridgehead atoms. The number of thiophene rings is 1. The number of carbonyl (C=O) groups is 1. The first-order valence-corrected chi connectivity index (χ1v) is 8.21. The van der Waals surface area contributed by atoms with Crippen LogP contribution in [0, 0.1) is 0 Å². The number of amides is 1. The van der Waals surface area contributed by atoms with E-state index in [1.165, 1.54) is 11.3 Å². The SMILES string of the molecule is CC[C@H](O)CN1CCN(C(=O)c2csc(Br)c2)CC1. The molecule has 1 amide bonds. The van der Waals surface area contributed by atoms with Crippen molar-refractivity contribution in [3.8, 4) is 0 Å². The number of hydrogen-bond acceptors (Lipinski definition) is 4. The molecule has 106 valence electrons. The third kappa shape index (κ3) is 4.02. The third-order valence-electron chi connectivity index (χ3n) is 3.41. The highest BCUT2D eigenvalue weighted by Gasteiger charge is 2.23. The lowest BCUT2D eigenvalue weighted by Gasteiger charge is -2.35. The van der Waals surface area contributed by atoms with Crippen molar-refractivity contribution in [2.24, 2.45) is 0 Å². The Labute approximate surface area is 126 Å². The number of β-amino-alcohol motifs (C(OH)–C–C–N with tert-alkyl or cyclic N) is 1. The van der Waals surface area contributed by atoms with Crippen molar-refractivity contribution in [3.63, 3.8) is 0 Å². The monoisotopic (exact) mass is 346 g/mol. The molecule has 1 fully saturated rings. The second-order valence-electron chi connectivity index (χ2n) is 4.79. The zero-order valence-electron chi connectivity index (χ0n) is 11.0. The molecular weight excluding hydrogens is 328 g/mol. The summed E-state index contributed by atoms with van der Waals surface area (Å²) in [4.78, 5) is 16.4. The summed E-state index contributed by atoms with van der Waals surface area (Å²) < 4.78 is 0.987. The average Bonchev–Trinajstić information content (AvgIpc) is 2.85. The molecule has 0 saturated carbocycles. The van der Waals surface area contributed by atoms with Crippen molar-refractivity contribution in [1.82, 2.24) is 9.80 Å². The molecule has 1 saturated heterocycles. The van der Waals surface area contributed by atoms with Gasteiger partial charge in [0.05, 0.1) is 15.5 Å². The minimum absolute atomic E-state index is 0.109. The zero-order valence-corrected chi connectivity index (χ0v) is 13.4. The highest BCUT2D eigenvalue weighted by Crippen LogP contribution is 2.22. The van der Waals surface area contributed by atoms with Gasteiger partial charge in [0.15, 0.2) is 0 Å². The van der Waals surface area contributed by atoms with Gasteiger partial charge in [0.2, 0.25) is 0 Å². The van der Waals surface area contributed by atoms with Crippen LogP contribution in [0.5, 0.6) is 0 Å². The van der Waals surface area contributed by atoms with Gasteiger partial charge in [-0.05, 0) is 28.4 Å². The first kappa shape index (κ1) is 15.0. The molecule has 1 aliphatic heterocycles. The Hall–Kier alpha value is -0.430. The van der Waals surface area contributed by atoms with Gasteiger partial charge in [0, 0.05) is 38.1 Å².